The van der Waals surface area contributed by atoms with E-state index in [0.717, 1.165) is 56.3 Å². The molecule has 1 atom stereocenters. The van der Waals surface area contributed by atoms with Crippen LogP contribution in [0.25, 0.3) is 0 Å². The average Bonchev–Trinajstić information content (AvgIpc) is 3.24. The number of nitrogens with one attached hydrogen (secondary N) is 1. The van der Waals surface area contributed by atoms with Crippen molar-refractivity contribution >= 4 is 28.9 Å². The summed E-state index contributed by atoms with van der Waals surface area (Å²) in [5.74, 6) is 1.65. The van der Waals surface area contributed by atoms with Crippen molar-refractivity contribution in [2.24, 2.45) is 0 Å². The van der Waals surface area contributed by atoms with E-state index in [9.17, 15) is 0 Å². The van der Waals surface area contributed by atoms with Gasteiger partial charge in [-0.25, -0.2) is 0 Å². The van der Waals surface area contributed by atoms with Crippen molar-refractivity contribution in [1.29, 1.82) is 0 Å². The molecule has 3 heterocycles. The number of aromatic nitrogens is 2. The third kappa shape index (κ3) is 4.45. The number of nitrogens with zero attached hydrogens (tertiary/aromatic N) is 4. The highest BCUT2D eigenvalue weighted by atomic mass is 35.5. The van der Waals surface area contributed by atoms with Gasteiger partial charge in [0.15, 0.2) is 11.6 Å². The smallest absolute Gasteiger partial charge is 0.226 e. The van der Waals surface area contributed by atoms with E-state index in [1.54, 1.807) is 0 Å². The molecule has 0 amide bonds. The van der Waals surface area contributed by atoms with Gasteiger partial charge < -0.3 is 19.9 Å². The summed E-state index contributed by atoms with van der Waals surface area (Å²) in [6.45, 7) is 2.87. The molecular formula is C24H26ClN5O. The minimum Gasteiger partial charge on any atom is -0.362 e. The van der Waals surface area contributed by atoms with E-state index >= 15 is 0 Å². The predicted octanol–water partition coefficient (Wildman–Crippen LogP) is 5.05. The summed E-state index contributed by atoms with van der Waals surface area (Å²) in [7, 11) is 0. The van der Waals surface area contributed by atoms with Gasteiger partial charge in [-0.15, -0.1) is 0 Å². The van der Waals surface area contributed by atoms with Crippen molar-refractivity contribution in [3.05, 3.63) is 77.1 Å². The molecule has 0 bridgehead atoms. The van der Waals surface area contributed by atoms with Gasteiger partial charge in [-0.05, 0) is 42.0 Å². The summed E-state index contributed by atoms with van der Waals surface area (Å²) in [6, 6.07) is 20.9. The lowest BCUT2D eigenvalue weighted by Gasteiger charge is -2.31. The van der Waals surface area contributed by atoms with E-state index in [1.807, 2.05) is 12.1 Å². The summed E-state index contributed by atoms with van der Waals surface area (Å²) in [5, 5.41) is 3.77. The van der Waals surface area contributed by atoms with Crippen LogP contribution in [-0.4, -0.2) is 29.5 Å². The molecule has 160 valence electrons. The zero-order valence-electron chi connectivity index (χ0n) is 17.4. The lowest BCUT2D eigenvalue weighted by molar-refractivity contribution is 0.0155. The molecule has 3 aromatic rings. The van der Waals surface area contributed by atoms with Crippen LogP contribution in [0.3, 0.4) is 0 Å². The highest BCUT2D eigenvalue weighted by Crippen LogP contribution is 2.41. The first-order valence-corrected chi connectivity index (χ1v) is 11.2. The van der Waals surface area contributed by atoms with Crippen molar-refractivity contribution in [1.82, 2.24) is 9.97 Å². The number of ether oxygens (including phenoxy) is 1. The van der Waals surface area contributed by atoms with Crippen molar-refractivity contribution < 1.29 is 4.74 Å². The average molecular weight is 436 g/mol. The minimum atomic E-state index is 0.0259. The number of halogens is 1. The zero-order valence-corrected chi connectivity index (χ0v) is 18.1. The third-order valence-corrected chi connectivity index (χ3v) is 5.95. The molecule has 5 rings (SSSR count). The number of fused-ring (bicyclic) bond motifs is 1. The Labute approximate surface area is 187 Å². The zero-order chi connectivity index (χ0) is 21.0. The molecule has 1 unspecified atom stereocenters. The van der Waals surface area contributed by atoms with Gasteiger partial charge in [0, 0.05) is 19.7 Å². The summed E-state index contributed by atoms with van der Waals surface area (Å²) in [5.41, 5.74) is 3.35. The lowest BCUT2D eigenvalue weighted by Crippen LogP contribution is -2.39. The topological polar surface area (TPSA) is 53.5 Å². The Balaban J connectivity index is 1.51. The molecule has 2 aliphatic heterocycles. The maximum absolute atomic E-state index is 6.44. The molecule has 2 aromatic carbocycles. The first-order valence-electron chi connectivity index (χ1n) is 10.8. The first-order chi connectivity index (χ1) is 15.3. The maximum atomic E-state index is 6.44. The van der Waals surface area contributed by atoms with E-state index in [1.165, 1.54) is 11.1 Å². The van der Waals surface area contributed by atoms with Gasteiger partial charge in [0.05, 0.1) is 6.67 Å². The summed E-state index contributed by atoms with van der Waals surface area (Å²) < 4.78 is 6.02. The molecule has 6 nitrogen and oxygen atoms in total. The number of hydrogen-bond acceptors (Lipinski definition) is 6. The molecule has 1 fully saturated rings. The minimum absolute atomic E-state index is 0.0259. The van der Waals surface area contributed by atoms with Crippen LogP contribution in [0.5, 0.6) is 0 Å². The van der Waals surface area contributed by atoms with Crippen LogP contribution in [0, 0.1) is 0 Å². The van der Waals surface area contributed by atoms with Crippen LogP contribution in [0.15, 0.2) is 60.7 Å². The van der Waals surface area contributed by atoms with Gasteiger partial charge in [0.1, 0.15) is 11.9 Å². The van der Waals surface area contributed by atoms with E-state index in [0.29, 0.717) is 6.67 Å². The Hall–Kier alpha value is -2.83. The monoisotopic (exact) mass is 435 g/mol. The molecule has 2 aliphatic rings. The SMILES string of the molecule is Clc1nc(N(Cc2ccccc2)Cc2ccccc2)c2c(n1)N(C1CCCCO1)CN2. The fourth-order valence-corrected chi connectivity index (χ4v) is 4.43. The molecule has 1 N–H and O–H groups in total. The lowest BCUT2D eigenvalue weighted by atomic mass is 10.1. The standard InChI is InChI=1S/C24H26ClN5O/c25-24-27-22(21-23(28-24)30(17-26-21)20-13-7-8-14-31-20)29(15-18-9-3-1-4-10-18)16-19-11-5-2-6-12-19/h1-6,9-12,20,26H,7-8,13-17H2. The molecule has 0 radical (unpaired) electrons. The molecule has 0 saturated carbocycles. The van der Waals surface area contributed by atoms with Crippen LogP contribution in [0.4, 0.5) is 17.3 Å². The van der Waals surface area contributed by atoms with Crippen molar-refractivity contribution in [2.45, 2.75) is 38.6 Å². The first kappa shape index (κ1) is 20.1. The van der Waals surface area contributed by atoms with E-state index in [2.05, 4.69) is 73.6 Å². The van der Waals surface area contributed by atoms with Crippen LogP contribution in [-0.2, 0) is 17.8 Å². The largest absolute Gasteiger partial charge is 0.362 e. The number of hydrogen-bond donors (Lipinski definition) is 1. The Morgan fingerprint density at radius 3 is 2.26 bits per heavy atom. The van der Waals surface area contributed by atoms with E-state index in [-0.39, 0.29) is 11.5 Å². The summed E-state index contributed by atoms with van der Waals surface area (Å²) >= 11 is 6.44. The van der Waals surface area contributed by atoms with Crippen LogP contribution in [0.2, 0.25) is 5.28 Å². The second-order valence-corrected chi connectivity index (χ2v) is 8.31. The summed E-state index contributed by atoms with van der Waals surface area (Å²) in [4.78, 5) is 13.7. The second kappa shape index (κ2) is 9.12. The fourth-order valence-electron chi connectivity index (χ4n) is 4.27. The molecule has 7 heteroatoms. The van der Waals surface area contributed by atoms with Gasteiger partial charge in [-0.3, -0.25) is 0 Å². The van der Waals surface area contributed by atoms with Crippen molar-refractivity contribution in [2.75, 3.05) is 28.4 Å². The van der Waals surface area contributed by atoms with Crippen LogP contribution < -0.4 is 15.1 Å². The van der Waals surface area contributed by atoms with Gasteiger partial charge in [-0.2, -0.15) is 9.97 Å². The van der Waals surface area contributed by atoms with Gasteiger partial charge >= 0.3 is 0 Å². The summed E-state index contributed by atoms with van der Waals surface area (Å²) in [6.07, 6.45) is 3.30. The maximum Gasteiger partial charge on any atom is 0.226 e. The van der Waals surface area contributed by atoms with Gasteiger partial charge in [0.2, 0.25) is 5.28 Å². The Morgan fingerprint density at radius 1 is 0.968 bits per heavy atom. The van der Waals surface area contributed by atoms with E-state index in [4.69, 9.17) is 16.3 Å². The number of benzene rings is 2. The van der Waals surface area contributed by atoms with Crippen LogP contribution >= 0.6 is 11.6 Å². The third-order valence-electron chi connectivity index (χ3n) is 5.78. The van der Waals surface area contributed by atoms with Gasteiger partial charge in [-0.1, -0.05) is 60.7 Å². The normalized spacial score (nSPS) is 17.8. The van der Waals surface area contributed by atoms with Crippen molar-refractivity contribution in [3.63, 3.8) is 0 Å². The molecule has 0 spiro atoms. The molecule has 1 saturated heterocycles. The second-order valence-electron chi connectivity index (χ2n) is 7.97. The number of anilines is 3. The highest BCUT2D eigenvalue weighted by molar-refractivity contribution is 6.28. The highest BCUT2D eigenvalue weighted by Gasteiger charge is 2.33. The van der Waals surface area contributed by atoms with E-state index < -0.39 is 0 Å². The predicted molar refractivity (Wildman–Crippen MR) is 124 cm³/mol. The molecular weight excluding hydrogens is 410 g/mol. The Bertz CT molecular complexity index is 970. The molecule has 31 heavy (non-hydrogen) atoms. The quantitative estimate of drug-likeness (QED) is 0.546. The Kier molecular flexibility index (Phi) is 5.91. The Morgan fingerprint density at radius 2 is 1.65 bits per heavy atom. The van der Waals surface area contributed by atoms with Gasteiger partial charge in [0.25, 0.3) is 0 Å². The number of rotatable bonds is 6. The molecule has 1 aromatic heterocycles. The van der Waals surface area contributed by atoms with Crippen LogP contribution in [0.1, 0.15) is 30.4 Å². The molecule has 0 aliphatic carbocycles. The fraction of sp³-hybridized carbons (Fsp3) is 0.333. The van der Waals surface area contributed by atoms with Crippen molar-refractivity contribution in [3.8, 4) is 0 Å².